The molecule has 1 aliphatic heterocycles. The molecule has 0 amide bonds. The van der Waals surface area contributed by atoms with Gasteiger partial charge in [-0.05, 0) is 25.0 Å². The van der Waals surface area contributed by atoms with Gasteiger partial charge in [0.25, 0.3) is 0 Å². The quantitative estimate of drug-likeness (QED) is 0.819. The van der Waals surface area contributed by atoms with Gasteiger partial charge in [0.05, 0.1) is 5.75 Å². The van der Waals surface area contributed by atoms with Gasteiger partial charge in [-0.15, -0.1) is 0 Å². The first-order chi connectivity index (χ1) is 9.98. The normalized spacial score (nSPS) is 18.6. The molecule has 0 aliphatic carbocycles. The van der Waals surface area contributed by atoms with Crippen molar-refractivity contribution >= 4 is 10.0 Å². The van der Waals surface area contributed by atoms with E-state index >= 15 is 0 Å². The Balaban J connectivity index is 1.89. The highest BCUT2D eigenvalue weighted by atomic mass is 32.2. The Morgan fingerprint density at radius 1 is 1.29 bits per heavy atom. The zero-order chi connectivity index (χ0) is 15.3. The fourth-order valence-electron chi connectivity index (χ4n) is 2.65. The van der Waals surface area contributed by atoms with Crippen molar-refractivity contribution in [3.8, 4) is 0 Å². The van der Waals surface area contributed by atoms with Crippen LogP contribution >= 0.6 is 0 Å². The van der Waals surface area contributed by atoms with E-state index < -0.39 is 10.0 Å². The van der Waals surface area contributed by atoms with Crippen LogP contribution in [0.2, 0.25) is 0 Å². The van der Waals surface area contributed by atoms with Crippen molar-refractivity contribution in [3.05, 3.63) is 35.4 Å². The molecule has 1 atom stereocenters. The van der Waals surface area contributed by atoms with Crippen LogP contribution in [0.1, 0.15) is 24.1 Å². The fourth-order valence-corrected chi connectivity index (χ4v) is 3.93. The first kappa shape index (κ1) is 16.4. The molecule has 1 aromatic carbocycles. The molecule has 2 N–H and O–H groups in total. The Kier molecular flexibility index (Phi) is 5.75. The van der Waals surface area contributed by atoms with Crippen LogP contribution in [0.3, 0.4) is 0 Å². The molecule has 21 heavy (non-hydrogen) atoms. The number of hydrogen-bond acceptors (Lipinski definition) is 4. The Labute approximate surface area is 127 Å². The number of rotatable bonds is 6. The second-order valence-electron chi connectivity index (χ2n) is 5.61. The molecular formula is C15H25N3O2S. The van der Waals surface area contributed by atoms with Crippen molar-refractivity contribution in [2.75, 3.05) is 38.5 Å². The monoisotopic (exact) mass is 311 g/mol. The third-order valence-electron chi connectivity index (χ3n) is 3.90. The van der Waals surface area contributed by atoms with Crippen LogP contribution < -0.4 is 10.0 Å². The van der Waals surface area contributed by atoms with Crippen LogP contribution in [0, 0.1) is 6.92 Å². The summed E-state index contributed by atoms with van der Waals surface area (Å²) in [7, 11) is -3.26. The number of aryl methyl sites for hydroxylation is 1. The highest BCUT2D eigenvalue weighted by Gasteiger charge is 2.19. The molecule has 118 valence electrons. The number of nitrogens with one attached hydrogen (secondary N) is 2. The first-order valence-electron chi connectivity index (χ1n) is 7.46. The van der Waals surface area contributed by atoms with Crippen LogP contribution in [0.5, 0.6) is 0 Å². The SMILES string of the molecule is Cc1ccccc1C(C)NS(=O)(=O)CCN1CCNCC1. The highest BCUT2D eigenvalue weighted by Crippen LogP contribution is 2.17. The van der Waals surface area contributed by atoms with Crippen molar-refractivity contribution in [1.29, 1.82) is 0 Å². The van der Waals surface area contributed by atoms with Gasteiger partial charge >= 0.3 is 0 Å². The molecule has 5 nitrogen and oxygen atoms in total. The predicted molar refractivity (Wildman–Crippen MR) is 85.8 cm³/mol. The lowest BCUT2D eigenvalue weighted by Crippen LogP contribution is -2.46. The summed E-state index contributed by atoms with van der Waals surface area (Å²) in [6, 6.07) is 7.68. The van der Waals surface area contributed by atoms with Crippen LogP contribution in [-0.4, -0.2) is 51.8 Å². The maximum Gasteiger partial charge on any atom is 0.213 e. The molecule has 1 aromatic rings. The van der Waals surface area contributed by atoms with Crippen molar-refractivity contribution in [2.45, 2.75) is 19.9 Å². The molecule has 1 heterocycles. The molecule has 1 aliphatic rings. The van der Waals surface area contributed by atoms with Gasteiger partial charge in [0, 0.05) is 38.8 Å². The van der Waals surface area contributed by atoms with Crippen molar-refractivity contribution in [2.24, 2.45) is 0 Å². The zero-order valence-corrected chi connectivity index (χ0v) is 13.6. The van der Waals surface area contributed by atoms with Gasteiger partial charge in [-0.3, -0.25) is 4.90 Å². The van der Waals surface area contributed by atoms with E-state index in [1.165, 1.54) is 0 Å². The van der Waals surface area contributed by atoms with Gasteiger partial charge in [-0.2, -0.15) is 0 Å². The van der Waals surface area contributed by atoms with Crippen LogP contribution in [-0.2, 0) is 10.0 Å². The lowest BCUT2D eigenvalue weighted by Gasteiger charge is -2.27. The van der Waals surface area contributed by atoms with E-state index in [0.717, 1.165) is 37.3 Å². The Morgan fingerprint density at radius 2 is 1.95 bits per heavy atom. The van der Waals surface area contributed by atoms with Crippen molar-refractivity contribution in [3.63, 3.8) is 0 Å². The minimum atomic E-state index is -3.26. The fraction of sp³-hybridized carbons (Fsp3) is 0.600. The Morgan fingerprint density at radius 3 is 2.62 bits per heavy atom. The lowest BCUT2D eigenvalue weighted by atomic mass is 10.0. The van der Waals surface area contributed by atoms with Gasteiger partial charge in [-0.1, -0.05) is 24.3 Å². The van der Waals surface area contributed by atoms with Crippen molar-refractivity contribution in [1.82, 2.24) is 14.9 Å². The van der Waals surface area contributed by atoms with Gasteiger partial charge in [0.1, 0.15) is 0 Å². The van der Waals surface area contributed by atoms with E-state index in [9.17, 15) is 8.42 Å². The molecular weight excluding hydrogens is 286 g/mol. The van der Waals surface area contributed by atoms with E-state index in [0.29, 0.717) is 6.54 Å². The Bertz CT molecular complexity index is 554. The highest BCUT2D eigenvalue weighted by molar-refractivity contribution is 7.89. The second kappa shape index (κ2) is 7.35. The lowest BCUT2D eigenvalue weighted by molar-refractivity contribution is 0.253. The minimum absolute atomic E-state index is 0.156. The molecule has 0 bridgehead atoms. The average Bonchev–Trinajstić information content (AvgIpc) is 2.46. The number of piperazine rings is 1. The largest absolute Gasteiger partial charge is 0.314 e. The summed E-state index contributed by atoms with van der Waals surface area (Å²) in [5, 5.41) is 3.27. The topological polar surface area (TPSA) is 61.4 Å². The van der Waals surface area contributed by atoms with E-state index in [2.05, 4.69) is 14.9 Å². The van der Waals surface area contributed by atoms with Crippen molar-refractivity contribution < 1.29 is 8.42 Å². The molecule has 2 rings (SSSR count). The molecule has 0 radical (unpaired) electrons. The third-order valence-corrected chi connectivity index (χ3v) is 5.33. The van der Waals surface area contributed by atoms with E-state index in [-0.39, 0.29) is 11.8 Å². The molecule has 0 aromatic heterocycles. The van der Waals surface area contributed by atoms with E-state index in [1.54, 1.807) is 0 Å². The summed E-state index contributed by atoms with van der Waals surface area (Å²) in [5.74, 6) is 0.156. The van der Waals surface area contributed by atoms with Gasteiger partial charge in [0.15, 0.2) is 0 Å². The molecule has 1 fully saturated rings. The van der Waals surface area contributed by atoms with E-state index in [4.69, 9.17) is 0 Å². The number of benzene rings is 1. The number of hydrogen-bond donors (Lipinski definition) is 2. The Hall–Kier alpha value is -0.950. The van der Waals surface area contributed by atoms with Gasteiger partial charge < -0.3 is 5.32 Å². The summed E-state index contributed by atoms with van der Waals surface area (Å²) < 4.78 is 27.2. The maximum absolute atomic E-state index is 12.2. The molecule has 1 saturated heterocycles. The zero-order valence-electron chi connectivity index (χ0n) is 12.8. The summed E-state index contributed by atoms with van der Waals surface area (Å²) >= 11 is 0. The standard InChI is InChI=1S/C15H25N3O2S/c1-13-5-3-4-6-15(13)14(2)17-21(19,20)12-11-18-9-7-16-8-10-18/h3-6,14,16-17H,7-12H2,1-2H3. The first-order valence-corrected chi connectivity index (χ1v) is 9.12. The van der Waals surface area contributed by atoms with Gasteiger partial charge in [0.2, 0.25) is 10.0 Å². The summed E-state index contributed by atoms with van der Waals surface area (Å²) in [5.41, 5.74) is 2.14. The second-order valence-corrected chi connectivity index (χ2v) is 7.48. The summed E-state index contributed by atoms with van der Waals surface area (Å²) in [6.45, 7) is 8.20. The number of nitrogens with zero attached hydrogens (tertiary/aromatic N) is 1. The van der Waals surface area contributed by atoms with Crippen LogP contribution in [0.25, 0.3) is 0 Å². The third kappa shape index (κ3) is 5.07. The average molecular weight is 311 g/mol. The van der Waals surface area contributed by atoms with Gasteiger partial charge in [-0.25, -0.2) is 13.1 Å². The summed E-state index contributed by atoms with van der Waals surface area (Å²) in [6.07, 6.45) is 0. The molecule has 6 heteroatoms. The number of sulfonamides is 1. The smallest absolute Gasteiger partial charge is 0.213 e. The minimum Gasteiger partial charge on any atom is -0.314 e. The molecule has 0 spiro atoms. The summed E-state index contributed by atoms with van der Waals surface area (Å²) in [4.78, 5) is 2.19. The predicted octanol–water partition coefficient (Wildman–Crippen LogP) is 0.881. The maximum atomic E-state index is 12.2. The molecule has 1 unspecified atom stereocenters. The van der Waals surface area contributed by atoms with E-state index in [1.807, 2.05) is 38.1 Å². The molecule has 0 saturated carbocycles. The van der Waals surface area contributed by atoms with Crippen LogP contribution in [0.4, 0.5) is 0 Å². The van der Waals surface area contributed by atoms with Crippen LogP contribution in [0.15, 0.2) is 24.3 Å².